The summed E-state index contributed by atoms with van der Waals surface area (Å²) in [5.74, 6) is -0.544. The lowest BCUT2D eigenvalue weighted by Crippen LogP contribution is -2.13. The number of aromatic nitrogens is 2. The van der Waals surface area contributed by atoms with E-state index in [1.165, 1.54) is 24.3 Å². The van der Waals surface area contributed by atoms with Gasteiger partial charge in [-0.2, -0.15) is 0 Å². The number of rotatable bonds is 3. The molecular weight excluding hydrogens is 353 g/mol. The molecule has 1 aromatic heterocycles. The van der Waals surface area contributed by atoms with Gasteiger partial charge in [0.15, 0.2) is 5.69 Å². The monoisotopic (exact) mass is 361 g/mol. The Bertz CT molecular complexity index is 818. The largest absolute Gasteiger partial charge is 0.302 e. The van der Waals surface area contributed by atoms with E-state index in [2.05, 4.69) is 36.2 Å². The zero-order chi connectivity index (χ0) is 15.5. The molecule has 0 saturated heterocycles. The maximum Gasteiger partial charge on any atom is 0.258 e. The molecule has 5 nitrogen and oxygen atoms in total. The summed E-state index contributed by atoms with van der Waals surface area (Å²) in [4.78, 5) is 12.3. The number of anilines is 1. The Morgan fingerprint density at radius 1 is 1.09 bits per heavy atom. The topological polar surface area (TPSA) is 68.0 Å². The molecule has 0 unspecified atom stereocenters. The van der Waals surface area contributed by atoms with Crippen LogP contribution in [0.4, 0.5) is 10.2 Å². The van der Waals surface area contributed by atoms with E-state index >= 15 is 0 Å². The molecule has 0 aliphatic heterocycles. The van der Waals surface area contributed by atoms with Gasteiger partial charge in [0.05, 0.1) is 5.56 Å². The normalized spacial score (nSPS) is 10.5. The molecule has 0 bridgehead atoms. The standard InChI is InChI=1S/C15H9BrFN3O2/c16-12-4-2-1-3-11(12)15(21)18-14-13(19-22-20-14)9-5-7-10(17)8-6-9/h1-8H,(H,18,20,21). The third-order valence-corrected chi connectivity index (χ3v) is 3.65. The van der Waals surface area contributed by atoms with Crippen molar-refractivity contribution in [2.24, 2.45) is 0 Å². The first-order chi connectivity index (χ1) is 10.6. The average molecular weight is 362 g/mol. The van der Waals surface area contributed by atoms with Crippen LogP contribution in [0.3, 0.4) is 0 Å². The fraction of sp³-hybridized carbons (Fsp3) is 0. The number of nitrogens with one attached hydrogen (secondary N) is 1. The Labute approximate surface area is 133 Å². The fourth-order valence-electron chi connectivity index (χ4n) is 1.89. The molecule has 22 heavy (non-hydrogen) atoms. The second-order valence-corrected chi connectivity index (χ2v) is 5.26. The van der Waals surface area contributed by atoms with Gasteiger partial charge in [0.2, 0.25) is 5.82 Å². The second kappa shape index (κ2) is 6.07. The number of hydrogen-bond acceptors (Lipinski definition) is 4. The molecule has 0 aliphatic rings. The molecule has 0 radical (unpaired) electrons. The first kappa shape index (κ1) is 14.4. The Morgan fingerprint density at radius 3 is 2.55 bits per heavy atom. The van der Waals surface area contributed by atoms with Gasteiger partial charge in [0, 0.05) is 10.0 Å². The van der Waals surface area contributed by atoms with Gasteiger partial charge in [-0.1, -0.05) is 12.1 Å². The predicted molar refractivity (Wildman–Crippen MR) is 81.8 cm³/mol. The lowest BCUT2D eigenvalue weighted by molar-refractivity contribution is 0.102. The number of carbonyl (C=O) groups excluding carboxylic acids is 1. The van der Waals surface area contributed by atoms with Gasteiger partial charge >= 0.3 is 0 Å². The molecule has 1 heterocycles. The highest BCUT2D eigenvalue weighted by Crippen LogP contribution is 2.25. The number of benzene rings is 2. The molecule has 0 spiro atoms. The lowest BCUT2D eigenvalue weighted by Gasteiger charge is -2.05. The first-order valence-electron chi connectivity index (χ1n) is 6.29. The van der Waals surface area contributed by atoms with Crippen LogP contribution in [-0.2, 0) is 0 Å². The summed E-state index contributed by atoms with van der Waals surface area (Å²) >= 11 is 3.31. The molecule has 3 aromatic rings. The van der Waals surface area contributed by atoms with Crippen molar-refractivity contribution in [3.8, 4) is 11.3 Å². The van der Waals surface area contributed by atoms with Gasteiger partial charge in [-0.25, -0.2) is 9.02 Å². The number of hydrogen-bond donors (Lipinski definition) is 1. The van der Waals surface area contributed by atoms with Crippen molar-refractivity contribution >= 4 is 27.7 Å². The van der Waals surface area contributed by atoms with E-state index in [-0.39, 0.29) is 17.5 Å². The van der Waals surface area contributed by atoms with Crippen LogP contribution in [0, 0.1) is 5.82 Å². The van der Waals surface area contributed by atoms with E-state index in [1.54, 1.807) is 18.2 Å². The third-order valence-electron chi connectivity index (χ3n) is 2.96. The molecule has 1 N–H and O–H groups in total. The Morgan fingerprint density at radius 2 is 1.82 bits per heavy atom. The molecule has 110 valence electrons. The average Bonchev–Trinajstić information content (AvgIpc) is 2.96. The first-order valence-corrected chi connectivity index (χ1v) is 7.09. The van der Waals surface area contributed by atoms with E-state index in [0.29, 0.717) is 21.3 Å². The van der Waals surface area contributed by atoms with E-state index < -0.39 is 0 Å². The fourth-order valence-corrected chi connectivity index (χ4v) is 2.35. The van der Waals surface area contributed by atoms with Crippen molar-refractivity contribution in [1.29, 1.82) is 0 Å². The molecule has 7 heteroatoms. The van der Waals surface area contributed by atoms with E-state index in [4.69, 9.17) is 0 Å². The number of halogens is 2. The van der Waals surface area contributed by atoms with Crippen molar-refractivity contribution in [2.75, 3.05) is 5.32 Å². The van der Waals surface area contributed by atoms with Gasteiger partial charge in [0.25, 0.3) is 5.91 Å². The van der Waals surface area contributed by atoms with Crippen molar-refractivity contribution < 1.29 is 13.8 Å². The van der Waals surface area contributed by atoms with Crippen LogP contribution < -0.4 is 5.32 Å². The molecular formula is C15H9BrFN3O2. The van der Waals surface area contributed by atoms with E-state index in [9.17, 15) is 9.18 Å². The molecule has 0 saturated carbocycles. The number of nitrogens with zero attached hydrogens (tertiary/aromatic N) is 2. The van der Waals surface area contributed by atoms with Crippen LogP contribution in [0.2, 0.25) is 0 Å². The van der Waals surface area contributed by atoms with Crippen molar-refractivity contribution in [1.82, 2.24) is 10.3 Å². The van der Waals surface area contributed by atoms with Crippen molar-refractivity contribution in [3.63, 3.8) is 0 Å². The highest BCUT2D eigenvalue weighted by atomic mass is 79.9. The summed E-state index contributed by atoms with van der Waals surface area (Å²) in [5.41, 5.74) is 1.38. The molecule has 0 atom stereocenters. The van der Waals surface area contributed by atoms with E-state index in [0.717, 1.165) is 0 Å². The zero-order valence-electron chi connectivity index (χ0n) is 11.1. The van der Waals surface area contributed by atoms with Crippen LogP contribution in [-0.4, -0.2) is 16.2 Å². The smallest absolute Gasteiger partial charge is 0.258 e. The molecule has 2 aromatic carbocycles. The second-order valence-electron chi connectivity index (χ2n) is 4.40. The molecule has 0 fully saturated rings. The van der Waals surface area contributed by atoms with Crippen LogP contribution in [0.25, 0.3) is 11.3 Å². The molecule has 0 aliphatic carbocycles. The van der Waals surface area contributed by atoms with Gasteiger partial charge < -0.3 is 5.32 Å². The van der Waals surface area contributed by atoms with Gasteiger partial charge in [0.1, 0.15) is 5.82 Å². The number of amides is 1. The summed E-state index contributed by atoms with van der Waals surface area (Å²) < 4.78 is 18.3. The highest BCUT2D eigenvalue weighted by molar-refractivity contribution is 9.10. The SMILES string of the molecule is O=C(Nc1nonc1-c1ccc(F)cc1)c1ccccc1Br. The predicted octanol–water partition coefficient (Wildman–Crippen LogP) is 3.89. The Hall–Kier alpha value is -2.54. The Kier molecular flexibility index (Phi) is 3.97. The summed E-state index contributed by atoms with van der Waals surface area (Å²) in [5, 5.41) is 10.1. The van der Waals surface area contributed by atoms with Gasteiger partial charge in [-0.15, -0.1) is 0 Å². The zero-order valence-corrected chi connectivity index (χ0v) is 12.7. The summed E-state index contributed by atoms with van der Waals surface area (Å²) in [6.45, 7) is 0. The van der Waals surface area contributed by atoms with Crippen molar-refractivity contribution in [2.45, 2.75) is 0 Å². The minimum atomic E-state index is -0.362. The quantitative estimate of drug-likeness (QED) is 0.768. The Balaban J connectivity index is 1.88. The van der Waals surface area contributed by atoms with Crippen LogP contribution in [0.15, 0.2) is 57.6 Å². The minimum absolute atomic E-state index is 0.173. The van der Waals surface area contributed by atoms with Crippen LogP contribution in [0.5, 0.6) is 0 Å². The van der Waals surface area contributed by atoms with Gasteiger partial charge in [-0.05, 0) is 62.6 Å². The summed E-state index contributed by atoms with van der Waals surface area (Å²) in [7, 11) is 0. The molecule has 3 rings (SSSR count). The third kappa shape index (κ3) is 2.89. The summed E-state index contributed by atoms with van der Waals surface area (Å²) in [6, 6.07) is 12.6. The lowest BCUT2D eigenvalue weighted by atomic mass is 10.1. The highest BCUT2D eigenvalue weighted by Gasteiger charge is 2.17. The maximum absolute atomic E-state index is 13.0. The van der Waals surface area contributed by atoms with Crippen LogP contribution in [0.1, 0.15) is 10.4 Å². The maximum atomic E-state index is 13.0. The van der Waals surface area contributed by atoms with Crippen LogP contribution >= 0.6 is 15.9 Å². The van der Waals surface area contributed by atoms with Gasteiger partial charge in [-0.3, -0.25) is 4.79 Å². The summed E-state index contributed by atoms with van der Waals surface area (Å²) in [6.07, 6.45) is 0. The molecule has 1 amide bonds. The van der Waals surface area contributed by atoms with Crippen molar-refractivity contribution in [3.05, 3.63) is 64.4 Å². The number of carbonyl (C=O) groups is 1. The minimum Gasteiger partial charge on any atom is -0.302 e. The van der Waals surface area contributed by atoms with E-state index in [1.807, 2.05) is 6.07 Å².